The number of benzene rings is 1. The number of carbonyl (C=O) groups is 1. The van der Waals surface area contributed by atoms with Gasteiger partial charge in [0.2, 0.25) is 15.9 Å². The normalized spacial score (nSPS) is 17.6. The lowest BCUT2D eigenvalue weighted by Gasteiger charge is -2.32. The van der Waals surface area contributed by atoms with E-state index in [9.17, 15) is 13.2 Å². The van der Waals surface area contributed by atoms with E-state index in [4.69, 9.17) is 0 Å². The van der Waals surface area contributed by atoms with Crippen molar-refractivity contribution in [1.82, 2.24) is 19.6 Å². The van der Waals surface area contributed by atoms with Crippen LogP contribution in [0.5, 0.6) is 0 Å². The molecular formula is C19H24N4O3S. The van der Waals surface area contributed by atoms with E-state index in [-0.39, 0.29) is 24.0 Å². The Bertz CT molecular complexity index is 844. The minimum Gasteiger partial charge on any atom is -0.342 e. The van der Waals surface area contributed by atoms with Crippen molar-refractivity contribution in [2.45, 2.75) is 25.0 Å². The Hall–Kier alpha value is -2.32. The highest BCUT2D eigenvalue weighted by Crippen LogP contribution is 2.17. The molecule has 7 nitrogen and oxygen atoms in total. The van der Waals surface area contributed by atoms with Gasteiger partial charge in [0.25, 0.3) is 0 Å². The standard InChI is InChI=1S/C19H24N4O3S/c24-19(11-18-13-20-8-9-21-18)23-10-4-7-17(14-23)12-22-27(25,26)15-16-5-2-1-3-6-16/h1-3,5-6,8-9,13,17,22H,4,7,10-12,14-15H2. The van der Waals surface area contributed by atoms with Crippen molar-refractivity contribution in [3.05, 3.63) is 60.2 Å². The molecule has 1 atom stereocenters. The number of rotatable bonds is 7. The van der Waals surface area contributed by atoms with Gasteiger partial charge in [-0.3, -0.25) is 14.8 Å². The van der Waals surface area contributed by atoms with E-state index >= 15 is 0 Å². The molecule has 1 aromatic heterocycles. The Morgan fingerprint density at radius 3 is 2.78 bits per heavy atom. The third kappa shape index (κ3) is 6.11. The van der Waals surface area contributed by atoms with Crippen molar-refractivity contribution in [3.63, 3.8) is 0 Å². The summed E-state index contributed by atoms with van der Waals surface area (Å²) >= 11 is 0. The molecule has 1 aliphatic rings. The number of nitrogens with one attached hydrogen (secondary N) is 1. The molecule has 1 aromatic carbocycles. The Kier molecular flexibility index (Phi) is 6.52. The van der Waals surface area contributed by atoms with Gasteiger partial charge in [-0.15, -0.1) is 0 Å². The first-order valence-corrected chi connectivity index (χ1v) is 10.7. The van der Waals surface area contributed by atoms with E-state index in [0.717, 1.165) is 18.4 Å². The molecular weight excluding hydrogens is 364 g/mol. The van der Waals surface area contributed by atoms with Gasteiger partial charge >= 0.3 is 0 Å². The van der Waals surface area contributed by atoms with Crippen molar-refractivity contribution in [2.75, 3.05) is 19.6 Å². The molecule has 1 aliphatic heterocycles. The van der Waals surface area contributed by atoms with Gasteiger partial charge in [-0.2, -0.15) is 0 Å². The molecule has 0 saturated carbocycles. The summed E-state index contributed by atoms with van der Waals surface area (Å²) in [7, 11) is -3.39. The molecule has 0 spiro atoms. The third-order valence-corrected chi connectivity index (χ3v) is 5.93. The topological polar surface area (TPSA) is 92.3 Å². The lowest BCUT2D eigenvalue weighted by atomic mass is 9.98. The molecule has 27 heavy (non-hydrogen) atoms. The zero-order valence-electron chi connectivity index (χ0n) is 15.1. The van der Waals surface area contributed by atoms with Crippen molar-refractivity contribution < 1.29 is 13.2 Å². The fraction of sp³-hybridized carbons (Fsp3) is 0.421. The van der Waals surface area contributed by atoms with Gasteiger partial charge in [-0.25, -0.2) is 13.1 Å². The second kappa shape index (κ2) is 9.05. The number of piperidine rings is 1. The van der Waals surface area contributed by atoms with Crippen LogP contribution in [0.1, 0.15) is 24.1 Å². The molecule has 0 aliphatic carbocycles. The third-order valence-electron chi connectivity index (χ3n) is 4.61. The van der Waals surface area contributed by atoms with Gasteiger partial charge in [0.1, 0.15) is 0 Å². The number of amides is 1. The van der Waals surface area contributed by atoms with Crippen LogP contribution in [0.4, 0.5) is 0 Å². The number of nitrogens with zero attached hydrogens (tertiary/aromatic N) is 3. The maximum atomic E-state index is 12.5. The van der Waals surface area contributed by atoms with Crippen LogP contribution < -0.4 is 4.72 Å². The van der Waals surface area contributed by atoms with E-state index in [1.165, 1.54) is 0 Å². The SMILES string of the molecule is O=C(Cc1cnccn1)N1CCCC(CNS(=O)(=O)Cc2ccccc2)C1. The summed E-state index contributed by atoms with van der Waals surface area (Å²) in [6.45, 7) is 1.61. The maximum absolute atomic E-state index is 12.5. The average Bonchev–Trinajstić information content (AvgIpc) is 2.68. The lowest BCUT2D eigenvalue weighted by molar-refractivity contribution is -0.132. The summed E-state index contributed by atoms with van der Waals surface area (Å²) < 4.78 is 27.3. The van der Waals surface area contributed by atoms with Crippen molar-refractivity contribution in [3.8, 4) is 0 Å². The van der Waals surface area contributed by atoms with Gasteiger partial charge in [0, 0.05) is 38.2 Å². The molecule has 8 heteroatoms. The summed E-state index contributed by atoms with van der Waals surface area (Å²) in [5.74, 6) is 0.0954. The highest BCUT2D eigenvalue weighted by atomic mass is 32.2. The Morgan fingerprint density at radius 1 is 1.22 bits per heavy atom. The van der Waals surface area contributed by atoms with Crippen LogP contribution in [0, 0.1) is 5.92 Å². The minimum absolute atomic E-state index is 0.00680. The molecule has 1 amide bonds. The van der Waals surface area contributed by atoms with Crippen LogP contribution in [0.25, 0.3) is 0 Å². The van der Waals surface area contributed by atoms with Gasteiger partial charge < -0.3 is 4.90 Å². The first kappa shape index (κ1) is 19.4. The van der Waals surface area contributed by atoms with E-state index < -0.39 is 10.0 Å². The number of aromatic nitrogens is 2. The molecule has 0 radical (unpaired) electrons. The van der Waals surface area contributed by atoms with E-state index in [1.807, 2.05) is 18.2 Å². The fourth-order valence-electron chi connectivity index (χ4n) is 3.24. The van der Waals surface area contributed by atoms with Crippen molar-refractivity contribution >= 4 is 15.9 Å². The molecule has 0 bridgehead atoms. The monoisotopic (exact) mass is 388 g/mol. The summed E-state index contributed by atoms with van der Waals surface area (Å²) in [6, 6.07) is 9.11. The second-order valence-corrected chi connectivity index (χ2v) is 8.62. The predicted octanol–water partition coefficient (Wildman–Crippen LogP) is 1.38. The number of hydrogen-bond donors (Lipinski definition) is 1. The zero-order chi connectivity index (χ0) is 19.1. The molecule has 3 rings (SSSR count). The molecule has 1 N–H and O–H groups in total. The first-order valence-electron chi connectivity index (χ1n) is 9.06. The van der Waals surface area contributed by atoms with Crippen LogP contribution in [0.15, 0.2) is 48.9 Å². The van der Waals surface area contributed by atoms with Gasteiger partial charge in [-0.05, 0) is 24.3 Å². The molecule has 2 heterocycles. The van der Waals surface area contributed by atoms with Crippen LogP contribution >= 0.6 is 0 Å². The summed E-state index contributed by atoms with van der Waals surface area (Å²) in [6.07, 6.45) is 6.74. The van der Waals surface area contributed by atoms with E-state index in [0.29, 0.717) is 25.3 Å². The zero-order valence-corrected chi connectivity index (χ0v) is 15.9. The Labute approximate surface area is 159 Å². The largest absolute Gasteiger partial charge is 0.342 e. The number of sulfonamides is 1. The van der Waals surface area contributed by atoms with Crippen LogP contribution in [0.2, 0.25) is 0 Å². The van der Waals surface area contributed by atoms with Gasteiger partial charge in [0.15, 0.2) is 0 Å². The minimum atomic E-state index is -3.39. The quantitative estimate of drug-likeness (QED) is 0.774. The van der Waals surface area contributed by atoms with Gasteiger partial charge in [-0.1, -0.05) is 30.3 Å². The van der Waals surface area contributed by atoms with E-state index in [1.54, 1.807) is 35.6 Å². The highest BCUT2D eigenvalue weighted by Gasteiger charge is 2.25. The molecule has 1 fully saturated rings. The maximum Gasteiger partial charge on any atom is 0.228 e. The summed E-state index contributed by atoms with van der Waals surface area (Å²) in [5.41, 5.74) is 1.41. The second-order valence-electron chi connectivity index (χ2n) is 6.81. The molecule has 2 aromatic rings. The smallest absolute Gasteiger partial charge is 0.228 e. The Balaban J connectivity index is 1.50. The predicted molar refractivity (Wildman–Crippen MR) is 102 cm³/mol. The van der Waals surface area contributed by atoms with Crippen molar-refractivity contribution in [2.24, 2.45) is 5.92 Å². The number of carbonyl (C=O) groups excluding carboxylic acids is 1. The molecule has 144 valence electrons. The van der Waals surface area contributed by atoms with E-state index in [2.05, 4.69) is 14.7 Å². The first-order chi connectivity index (χ1) is 13.0. The van der Waals surface area contributed by atoms with Crippen LogP contribution in [-0.2, 0) is 27.0 Å². The molecule has 1 unspecified atom stereocenters. The number of hydrogen-bond acceptors (Lipinski definition) is 5. The summed E-state index contributed by atoms with van der Waals surface area (Å²) in [5, 5.41) is 0. The lowest BCUT2D eigenvalue weighted by Crippen LogP contribution is -2.44. The highest BCUT2D eigenvalue weighted by molar-refractivity contribution is 7.88. The van der Waals surface area contributed by atoms with Crippen molar-refractivity contribution in [1.29, 1.82) is 0 Å². The Morgan fingerprint density at radius 2 is 2.04 bits per heavy atom. The summed E-state index contributed by atoms with van der Waals surface area (Å²) in [4.78, 5) is 22.4. The van der Waals surface area contributed by atoms with Crippen LogP contribution in [-0.4, -0.2) is 48.8 Å². The van der Waals surface area contributed by atoms with Gasteiger partial charge in [0.05, 0.1) is 17.9 Å². The van der Waals surface area contributed by atoms with Crippen LogP contribution in [0.3, 0.4) is 0 Å². The number of likely N-dealkylation sites (tertiary alicyclic amines) is 1. The molecule has 1 saturated heterocycles. The average molecular weight is 388 g/mol. The fourth-order valence-corrected chi connectivity index (χ4v) is 4.46.